The zero-order valence-corrected chi connectivity index (χ0v) is 10.1. The van der Waals surface area contributed by atoms with Crippen molar-refractivity contribution in [2.45, 2.75) is 38.6 Å². The highest BCUT2D eigenvalue weighted by molar-refractivity contribution is 5.27. The summed E-state index contributed by atoms with van der Waals surface area (Å²) < 4.78 is 13.9. The van der Waals surface area contributed by atoms with Gasteiger partial charge in [0.2, 0.25) is 0 Å². The molecular formula is C14H20FN. The fraction of sp³-hybridized carbons (Fsp3) is 0.571. The number of nitrogens with one attached hydrogen (secondary N) is 1. The van der Waals surface area contributed by atoms with Gasteiger partial charge in [0.15, 0.2) is 0 Å². The second-order valence-corrected chi connectivity index (χ2v) is 4.99. The van der Waals surface area contributed by atoms with E-state index in [0.29, 0.717) is 5.92 Å². The number of rotatable bonds is 2. The second-order valence-electron chi connectivity index (χ2n) is 4.99. The maximum atomic E-state index is 13.9. The normalized spacial score (nSPS) is 26.0. The Morgan fingerprint density at radius 2 is 2.00 bits per heavy atom. The van der Waals surface area contributed by atoms with E-state index in [4.69, 9.17) is 0 Å². The van der Waals surface area contributed by atoms with Crippen LogP contribution in [0.5, 0.6) is 0 Å². The predicted molar refractivity (Wildman–Crippen MR) is 64.8 cm³/mol. The molecule has 1 nitrogen and oxygen atoms in total. The first kappa shape index (κ1) is 11.6. The predicted octanol–water partition coefficient (Wildman–Crippen LogP) is 3.45. The quantitative estimate of drug-likeness (QED) is 0.806. The number of hydrogen-bond donors (Lipinski definition) is 1. The van der Waals surface area contributed by atoms with Crippen LogP contribution in [0.3, 0.4) is 0 Å². The maximum Gasteiger partial charge on any atom is 0.128 e. The van der Waals surface area contributed by atoms with Crippen molar-refractivity contribution in [2.75, 3.05) is 6.54 Å². The Morgan fingerprint density at radius 3 is 2.56 bits per heavy atom. The van der Waals surface area contributed by atoms with Crippen LogP contribution >= 0.6 is 0 Å². The molecule has 0 bridgehead atoms. The Bertz CT molecular complexity index is 354. The highest BCUT2D eigenvalue weighted by Gasteiger charge is 2.38. The Kier molecular flexibility index (Phi) is 3.29. The average Bonchev–Trinajstić information content (AvgIpc) is 2.30. The molecule has 1 aromatic carbocycles. The molecule has 0 spiro atoms. The van der Waals surface area contributed by atoms with Gasteiger partial charge < -0.3 is 5.32 Å². The number of hydrogen-bond acceptors (Lipinski definition) is 1. The summed E-state index contributed by atoms with van der Waals surface area (Å²) in [5, 5.41) is 3.55. The maximum absolute atomic E-state index is 13.9. The van der Waals surface area contributed by atoms with Gasteiger partial charge in [-0.2, -0.15) is 0 Å². The van der Waals surface area contributed by atoms with E-state index in [0.717, 1.165) is 18.5 Å². The van der Waals surface area contributed by atoms with E-state index in [1.807, 2.05) is 12.1 Å². The Morgan fingerprint density at radius 1 is 1.25 bits per heavy atom. The Hall–Kier alpha value is -0.890. The molecule has 1 unspecified atom stereocenters. The van der Waals surface area contributed by atoms with E-state index >= 15 is 0 Å². The minimum Gasteiger partial charge on any atom is -0.307 e. The largest absolute Gasteiger partial charge is 0.307 e. The van der Waals surface area contributed by atoms with Crippen molar-refractivity contribution >= 4 is 0 Å². The highest BCUT2D eigenvalue weighted by Crippen LogP contribution is 2.38. The summed E-state index contributed by atoms with van der Waals surface area (Å²) in [4.78, 5) is 0. The van der Waals surface area contributed by atoms with Crippen molar-refractivity contribution in [1.82, 2.24) is 5.32 Å². The smallest absolute Gasteiger partial charge is 0.128 e. The van der Waals surface area contributed by atoms with Gasteiger partial charge in [0.05, 0.1) is 0 Å². The molecule has 1 aromatic rings. The second kappa shape index (κ2) is 4.54. The molecule has 0 aliphatic carbocycles. The van der Waals surface area contributed by atoms with Crippen LogP contribution in [0.4, 0.5) is 4.39 Å². The summed E-state index contributed by atoms with van der Waals surface area (Å²) in [7, 11) is 0. The fourth-order valence-electron chi connectivity index (χ4n) is 2.79. The summed E-state index contributed by atoms with van der Waals surface area (Å²) in [6.45, 7) is 5.34. The molecule has 0 amide bonds. The summed E-state index contributed by atoms with van der Waals surface area (Å²) in [5.74, 6) is 0.329. The molecule has 1 aliphatic heterocycles. The third-order valence-corrected chi connectivity index (χ3v) is 3.78. The van der Waals surface area contributed by atoms with Crippen molar-refractivity contribution < 1.29 is 4.39 Å². The molecule has 1 N–H and O–H groups in total. The van der Waals surface area contributed by atoms with Crippen LogP contribution in [0, 0.1) is 11.7 Å². The number of piperidine rings is 1. The van der Waals surface area contributed by atoms with Gasteiger partial charge in [-0.25, -0.2) is 4.39 Å². The summed E-state index contributed by atoms with van der Waals surface area (Å²) in [5.41, 5.74) is 0.675. The molecule has 0 radical (unpaired) electrons. The lowest BCUT2D eigenvalue weighted by Gasteiger charge is -2.42. The molecule has 1 atom stereocenters. The van der Waals surface area contributed by atoms with Gasteiger partial charge in [-0.15, -0.1) is 0 Å². The van der Waals surface area contributed by atoms with Crippen molar-refractivity contribution in [1.29, 1.82) is 0 Å². The SMILES string of the molecule is CC(C)C1(c2ccccc2F)CCCCN1. The molecule has 1 heterocycles. The van der Waals surface area contributed by atoms with Gasteiger partial charge in [0.1, 0.15) is 5.82 Å². The van der Waals surface area contributed by atoms with Crippen molar-refractivity contribution in [3.8, 4) is 0 Å². The zero-order chi connectivity index (χ0) is 11.6. The van der Waals surface area contributed by atoms with Crippen molar-refractivity contribution in [3.05, 3.63) is 35.6 Å². The fourth-order valence-corrected chi connectivity index (χ4v) is 2.79. The third-order valence-electron chi connectivity index (χ3n) is 3.78. The average molecular weight is 221 g/mol. The van der Waals surface area contributed by atoms with Gasteiger partial charge in [-0.05, 0) is 37.8 Å². The van der Waals surface area contributed by atoms with Crippen molar-refractivity contribution in [3.63, 3.8) is 0 Å². The molecule has 88 valence electrons. The van der Waals surface area contributed by atoms with Crippen LogP contribution in [0.2, 0.25) is 0 Å². The van der Waals surface area contributed by atoms with Gasteiger partial charge in [-0.1, -0.05) is 32.0 Å². The van der Waals surface area contributed by atoms with Crippen LogP contribution < -0.4 is 5.32 Å². The molecule has 0 aromatic heterocycles. The molecule has 16 heavy (non-hydrogen) atoms. The van der Waals surface area contributed by atoms with Crippen LogP contribution in [0.25, 0.3) is 0 Å². The van der Waals surface area contributed by atoms with Gasteiger partial charge >= 0.3 is 0 Å². The molecule has 1 saturated heterocycles. The van der Waals surface area contributed by atoms with Gasteiger partial charge in [0, 0.05) is 11.1 Å². The molecule has 2 rings (SSSR count). The molecule has 1 aliphatic rings. The number of halogens is 1. The lowest BCUT2D eigenvalue weighted by molar-refractivity contribution is 0.178. The topological polar surface area (TPSA) is 12.0 Å². The minimum absolute atomic E-state index is 0.0781. The van der Waals surface area contributed by atoms with Gasteiger partial charge in [0.25, 0.3) is 0 Å². The highest BCUT2D eigenvalue weighted by atomic mass is 19.1. The van der Waals surface area contributed by atoms with E-state index in [9.17, 15) is 4.39 Å². The first-order valence-electron chi connectivity index (χ1n) is 6.17. The van der Waals surface area contributed by atoms with Crippen molar-refractivity contribution in [2.24, 2.45) is 5.92 Å². The molecular weight excluding hydrogens is 201 g/mol. The van der Waals surface area contributed by atoms with E-state index in [1.54, 1.807) is 12.1 Å². The van der Waals surface area contributed by atoms with E-state index in [1.165, 1.54) is 12.8 Å². The number of benzene rings is 1. The van der Waals surface area contributed by atoms with Crippen LogP contribution in [-0.2, 0) is 5.54 Å². The minimum atomic E-state index is -0.163. The van der Waals surface area contributed by atoms with Crippen LogP contribution in [0.1, 0.15) is 38.7 Å². The standard InChI is InChI=1S/C14H20FN/c1-11(2)14(9-5-6-10-16-14)12-7-3-4-8-13(12)15/h3-4,7-8,11,16H,5-6,9-10H2,1-2H3. The van der Waals surface area contributed by atoms with E-state index in [-0.39, 0.29) is 11.4 Å². The Balaban J connectivity index is 2.43. The van der Waals surface area contributed by atoms with Crippen LogP contribution in [-0.4, -0.2) is 6.54 Å². The first-order chi connectivity index (χ1) is 7.67. The van der Waals surface area contributed by atoms with Crippen LogP contribution in [0.15, 0.2) is 24.3 Å². The molecule has 1 fully saturated rings. The first-order valence-corrected chi connectivity index (χ1v) is 6.17. The van der Waals surface area contributed by atoms with Gasteiger partial charge in [-0.3, -0.25) is 0 Å². The molecule has 0 saturated carbocycles. The summed E-state index contributed by atoms with van der Waals surface area (Å²) >= 11 is 0. The lowest BCUT2D eigenvalue weighted by atomic mass is 9.74. The summed E-state index contributed by atoms with van der Waals surface area (Å²) in [6.07, 6.45) is 3.41. The van der Waals surface area contributed by atoms with E-state index < -0.39 is 0 Å². The zero-order valence-electron chi connectivity index (χ0n) is 10.1. The van der Waals surface area contributed by atoms with E-state index in [2.05, 4.69) is 19.2 Å². The lowest BCUT2D eigenvalue weighted by Crippen LogP contribution is -2.50. The molecule has 2 heteroatoms. The summed E-state index contributed by atoms with van der Waals surface area (Å²) in [6, 6.07) is 7.18. The monoisotopic (exact) mass is 221 g/mol. The third kappa shape index (κ3) is 1.86. The Labute approximate surface area is 97.1 Å².